The average molecular weight is 443 g/mol. The quantitative estimate of drug-likeness (QED) is 0.689. The van der Waals surface area contributed by atoms with Gasteiger partial charge >= 0.3 is 0 Å². The number of sulfonamides is 1. The van der Waals surface area contributed by atoms with Gasteiger partial charge in [-0.3, -0.25) is 9.10 Å². The molecule has 2 aromatic rings. The average Bonchev–Trinajstić information content (AvgIpc) is 3.17. The predicted octanol–water partition coefficient (Wildman–Crippen LogP) is 3.14. The summed E-state index contributed by atoms with van der Waals surface area (Å²) < 4.78 is 31.1. The van der Waals surface area contributed by atoms with Crippen LogP contribution in [-0.4, -0.2) is 52.7 Å². The minimum Gasteiger partial charge on any atom is -0.496 e. The van der Waals surface area contributed by atoms with Crippen molar-refractivity contribution in [1.82, 2.24) is 4.90 Å². The van der Waals surface area contributed by atoms with Crippen LogP contribution in [0.25, 0.3) is 0 Å². The Morgan fingerprint density at radius 3 is 2.77 bits per heavy atom. The van der Waals surface area contributed by atoms with Crippen LogP contribution in [0, 0.1) is 0 Å². The molecule has 0 saturated heterocycles. The third-order valence-electron chi connectivity index (χ3n) is 6.49. The standard InChI is InChI=1S/C24H30N2O4S/c1-25(16-19-6-4-8-21-20(19)7-5-9-23(21)30-2)24(27)15-17-10-11-18-12-13-26(22(18)14-17)31(3,28)29/h5,7,9-11,14,19H,4,6,8,12-13,15-16H2,1-3H3/t19-/m0/s1. The Bertz CT molecular complexity index is 1100. The van der Waals surface area contributed by atoms with E-state index in [9.17, 15) is 13.2 Å². The lowest BCUT2D eigenvalue weighted by Gasteiger charge is -2.30. The van der Waals surface area contributed by atoms with E-state index in [0.717, 1.165) is 36.1 Å². The largest absolute Gasteiger partial charge is 0.496 e. The van der Waals surface area contributed by atoms with Crippen LogP contribution >= 0.6 is 0 Å². The summed E-state index contributed by atoms with van der Waals surface area (Å²) in [5.41, 5.74) is 5.12. The summed E-state index contributed by atoms with van der Waals surface area (Å²) in [6.07, 6.45) is 5.36. The van der Waals surface area contributed by atoms with Crippen molar-refractivity contribution in [3.05, 3.63) is 58.7 Å². The van der Waals surface area contributed by atoms with Crippen LogP contribution in [0.4, 0.5) is 5.69 Å². The second kappa shape index (κ2) is 8.54. The molecule has 1 aliphatic carbocycles. The van der Waals surface area contributed by atoms with Crippen molar-refractivity contribution in [2.24, 2.45) is 0 Å². The monoisotopic (exact) mass is 442 g/mol. The fraction of sp³-hybridized carbons (Fsp3) is 0.458. The van der Waals surface area contributed by atoms with E-state index in [1.165, 1.54) is 21.7 Å². The van der Waals surface area contributed by atoms with Gasteiger partial charge in [-0.2, -0.15) is 0 Å². The summed E-state index contributed by atoms with van der Waals surface area (Å²) in [7, 11) is 0.256. The van der Waals surface area contributed by atoms with Gasteiger partial charge in [-0.15, -0.1) is 0 Å². The molecule has 0 saturated carbocycles. The van der Waals surface area contributed by atoms with Crippen molar-refractivity contribution >= 4 is 21.6 Å². The minimum absolute atomic E-state index is 0.0406. The van der Waals surface area contributed by atoms with Crippen molar-refractivity contribution in [3.8, 4) is 5.75 Å². The molecule has 0 aromatic heterocycles. The summed E-state index contributed by atoms with van der Waals surface area (Å²) in [6.45, 7) is 1.13. The first kappa shape index (κ1) is 21.7. The normalized spacial score (nSPS) is 17.8. The van der Waals surface area contributed by atoms with Crippen LogP contribution in [0.2, 0.25) is 0 Å². The van der Waals surface area contributed by atoms with E-state index in [0.29, 0.717) is 31.1 Å². The van der Waals surface area contributed by atoms with E-state index >= 15 is 0 Å². The SMILES string of the molecule is COc1cccc2c1CCC[C@H]2CN(C)C(=O)Cc1ccc2c(c1)N(S(C)(=O)=O)CC2. The zero-order valence-electron chi connectivity index (χ0n) is 18.4. The summed E-state index contributed by atoms with van der Waals surface area (Å²) in [5.74, 6) is 1.28. The summed E-state index contributed by atoms with van der Waals surface area (Å²) >= 11 is 0. The van der Waals surface area contributed by atoms with Gasteiger partial charge in [0.05, 0.1) is 25.5 Å². The first-order valence-corrected chi connectivity index (χ1v) is 12.6. The molecule has 0 spiro atoms. The van der Waals surface area contributed by atoms with E-state index in [4.69, 9.17) is 4.74 Å². The molecule has 0 unspecified atom stereocenters. The molecule has 0 bridgehead atoms. The number of carbonyl (C=O) groups is 1. The Kier molecular flexibility index (Phi) is 5.97. The highest BCUT2D eigenvalue weighted by Crippen LogP contribution is 2.37. The van der Waals surface area contributed by atoms with Crippen molar-refractivity contribution in [2.45, 2.75) is 38.0 Å². The zero-order valence-corrected chi connectivity index (χ0v) is 19.2. The Balaban J connectivity index is 1.46. The van der Waals surface area contributed by atoms with Gasteiger partial charge in [-0.25, -0.2) is 8.42 Å². The number of hydrogen-bond acceptors (Lipinski definition) is 4. The number of fused-ring (bicyclic) bond motifs is 2. The second-order valence-electron chi connectivity index (χ2n) is 8.62. The highest BCUT2D eigenvalue weighted by molar-refractivity contribution is 7.92. The maximum absolute atomic E-state index is 13.0. The molecule has 1 amide bonds. The van der Waals surface area contributed by atoms with Gasteiger partial charge in [0.25, 0.3) is 0 Å². The van der Waals surface area contributed by atoms with Crippen molar-refractivity contribution in [3.63, 3.8) is 0 Å². The van der Waals surface area contributed by atoms with Gasteiger partial charge in [0, 0.05) is 26.1 Å². The van der Waals surface area contributed by atoms with Gasteiger partial charge in [0.2, 0.25) is 15.9 Å². The van der Waals surface area contributed by atoms with E-state index in [-0.39, 0.29) is 12.3 Å². The molecule has 1 aliphatic heterocycles. The van der Waals surface area contributed by atoms with Gasteiger partial charge in [0.15, 0.2) is 0 Å². The van der Waals surface area contributed by atoms with E-state index in [1.54, 1.807) is 12.0 Å². The van der Waals surface area contributed by atoms with Crippen molar-refractivity contribution in [1.29, 1.82) is 0 Å². The zero-order chi connectivity index (χ0) is 22.2. The third-order valence-corrected chi connectivity index (χ3v) is 7.67. The molecule has 2 aliphatic rings. The molecular weight excluding hydrogens is 412 g/mol. The molecule has 4 rings (SSSR count). The molecule has 0 fully saturated rings. The van der Waals surface area contributed by atoms with Crippen LogP contribution in [0.3, 0.4) is 0 Å². The van der Waals surface area contributed by atoms with Crippen LogP contribution < -0.4 is 9.04 Å². The predicted molar refractivity (Wildman–Crippen MR) is 122 cm³/mol. The molecule has 2 aromatic carbocycles. The fourth-order valence-corrected chi connectivity index (χ4v) is 5.84. The maximum atomic E-state index is 13.0. The van der Waals surface area contributed by atoms with Gasteiger partial charge in [0.1, 0.15) is 5.75 Å². The lowest BCUT2D eigenvalue weighted by Crippen LogP contribution is -2.33. The van der Waals surface area contributed by atoms with Crippen molar-refractivity contribution in [2.75, 3.05) is 37.8 Å². The first-order chi connectivity index (χ1) is 14.8. The number of hydrogen-bond donors (Lipinski definition) is 0. The molecule has 7 heteroatoms. The Hall–Kier alpha value is -2.54. The number of benzene rings is 2. The molecule has 1 atom stereocenters. The van der Waals surface area contributed by atoms with Crippen molar-refractivity contribution < 1.29 is 17.9 Å². The Morgan fingerprint density at radius 2 is 2.03 bits per heavy atom. The summed E-state index contributed by atoms with van der Waals surface area (Å²) in [4.78, 5) is 14.8. The number of methoxy groups -OCH3 is 1. The molecule has 166 valence electrons. The molecule has 1 heterocycles. The molecule has 0 radical (unpaired) electrons. The number of nitrogens with zero attached hydrogens (tertiary/aromatic N) is 2. The number of amides is 1. The number of carbonyl (C=O) groups excluding carboxylic acids is 1. The Morgan fingerprint density at radius 1 is 1.23 bits per heavy atom. The molecule has 6 nitrogen and oxygen atoms in total. The van der Waals surface area contributed by atoms with Gasteiger partial charge in [-0.05, 0) is 60.1 Å². The van der Waals surface area contributed by atoms with Crippen LogP contribution in [0.15, 0.2) is 36.4 Å². The highest BCUT2D eigenvalue weighted by Gasteiger charge is 2.28. The lowest BCUT2D eigenvalue weighted by atomic mass is 9.82. The minimum atomic E-state index is -3.30. The smallest absolute Gasteiger partial charge is 0.232 e. The van der Waals surface area contributed by atoms with Crippen LogP contribution in [0.5, 0.6) is 5.75 Å². The molecular formula is C24H30N2O4S. The second-order valence-corrected chi connectivity index (χ2v) is 10.5. The topological polar surface area (TPSA) is 66.9 Å². The number of likely N-dealkylation sites (N-methyl/N-ethyl adjacent to an activating group) is 1. The van der Waals surface area contributed by atoms with Crippen LogP contribution in [-0.2, 0) is 34.1 Å². The molecule has 31 heavy (non-hydrogen) atoms. The number of ether oxygens (including phenoxy) is 1. The van der Waals surface area contributed by atoms with E-state index in [2.05, 4.69) is 6.07 Å². The van der Waals surface area contributed by atoms with Gasteiger partial charge in [-0.1, -0.05) is 24.3 Å². The van der Waals surface area contributed by atoms with E-state index < -0.39 is 10.0 Å². The van der Waals surface area contributed by atoms with E-state index in [1.807, 2.05) is 37.4 Å². The summed E-state index contributed by atoms with van der Waals surface area (Å²) in [5, 5.41) is 0. The van der Waals surface area contributed by atoms with Gasteiger partial charge < -0.3 is 9.64 Å². The molecule has 0 N–H and O–H groups in total. The third kappa shape index (κ3) is 4.42. The summed E-state index contributed by atoms with van der Waals surface area (Å²) in [6, 6.07) is 11.9. The van der Waals surface area contributed by atoms with Crippen LogP contribution in [0.1, 0.15) is 41.0 Å². The highest BCUT2D eigenvalue weighted by atomic mass is 32.2. The lowest BCUT2D eigenvalue weighted by molar-refractivity contribution is -0.129. The first-order valence-electron chi connectivity index (χ1n) is 10.8. The Labute approximate surface area is 184 Å². The fourth-order valence-electron chi connectivity index (χ4n) is 4.89. The number of rotatable bonds is 6. The number of anilines is 1. The maximum Gasteiger partial charge on any atom is 0.232 e.